The molecule has 2 aliphatic heterocycles. The first-order valence-corrected chi connectivity index (χ1v) is 9.08. The fourth-order valence-corrected chi connectivity index (χ4v) is 4.02. The number of rotatable bonds is 4. The Morgan fingerprint density at radius 3 is 2.15 bits per heavy atom. The molecule has 0 saturated heterocycles. The fraction of sp³-hybridized carbons (Fsp3) is 0.381. The third-order valence-corrected chi connectivity index (χ3v) is 5.37. The van der Waals surface area contributed by atoms with Gasteiger partial charge in [-0.25, -0.2) is 0 Å². The summed E-state index contributed by atoms with van der Waals surface area (Å²) in [6.45, 7) is 1.56. The Hall–Kier alpha value is -2.53. The molecule has 0 fully saturated rings. The van der Waals surface area contributed by atoms with Gasteiger partial charge in [-0.2, -0.15) is 4.90 Å². The predicted molar refractivity (Wildman–Crippen MR) is 101 cm³/mol. The average molecular weight is 353 g/mol. The summed E-state index contributed by atoms with van der Waals surface area (Å²) in [4.78, 5) is 2.09. The van der Waals surface area contributed by atoms with Gasteiger partial charge in [-0.1, -0.05) is 0 Å². The summed E-state index contributed by atoms with van der Waals surface area (Å²) in [7, 11) is 3.31. The summed E-state index contributed by atoms with van der Waals surface area (Å²) < 4.78 is 12.9. The normalized spacial score (nSPS) is 22.3. The van der Waals surface area contributed by atoms with E-state index >= 15 is 0 Å². The van der Waals surface area contributed by atoms with E-state index in [9.17, 15) is 5.11 Å². The van der Waals surface area contributed by atoms with Gasteiger partial charge in [-0.15, -0.1) is 0 Å². The minimum atomic E-state index is -1.10. The third kappa shape index (κ3) is 2.72. The number of nitrogens with zero attached hydrogens (tertiary/aromatic N) is 2. The average Bonchev–Trinajstić information content (AvgIpc) is 3.01. The predicted octanol–water partition coefficient (Wildman–Crippen LogP) is 2.96. The number of anilines is 1. The lowest BCUT2D eigenvalue weighted by atomic mass is 10.0. The lowest BCUT2D eigenvalue weighted by molar-refractivity contribution is -0.538. The highest BCUT2D eigenvalue weighted by Gasteiger charge is 2.54. The smallest absolute Gasteiger partial charge is 0.275 e. The monoisotopic (exact) mass is 353 g/mol. The highest BCUT2D eigenvalue weighted by Crippen LogP contribution is 2.38. The van der Waals surface area contributed by atoms with Gasteiger partial charge in [-0.05, 0) is 61.4 Å². The van der Waals surface area contributed by atoms with Gasteiger partial charge in [0.1, 0.15) is 17.2 Å². The molecule has 0 amide bonds. The van der Waals surface area contributed by atoms with Crippen LogP contribution in [0, 0.1) is 0 Å². The van der Waals surface area contributed by atoms with Crippen LogP contribution < -0.4 is 14.4 Å². The standard InChI is InChI=1S/C21H25N2O3/c1-25-18-10-6-16(7-11-18)21(24)15-22-14-4-3-5-20(22)23(21)17-8-12-19(26-2)13-9-17/h6-13,24H,3-5,14-15H2,1-2H3/q+1/t21-/m0/s1. The second-order valence-corrected chi connectivity index (χ2v) is 6.87. The van der Waals surface area contributed by atoms with Crippen molar-refractivity contribution in [3.63, 3.8) is 0 Å². The van der Waals surface area contributed by atoms with E-state index in [0.29, 0.717) is 6.54 Å². The summed E-state index contributed by atoms with van der Waals surface area (Å²) in [6.07, 6.45) is 3.29. The van der Waals surface area contributed by atoms with Crippen molar-refractivity contribution in [3.05, 3.63) is 54.1 Å². The van der Waals surface area contributed by atoms with Crippen molar-refractivity contribution in [2.45, 2.75) is 25.0 Å². The maximum atomic E-state index is 11.8. The van der Waals surface area contributed by atoms with E-state index in [2.05, 4.69) is 9.48 Å². The van der Waals surface area contributed by atoms with Gasteiger partial charge in [-0.3, -0.25) is 4.58 Å². The minimum Gasteiger partial charge on any atom is -0.497 e. The zero-order chi connectivity index (χ0) is 18.1. The molecule has 5 nitrogen and oxygen atoms in total. The van der Waals surface area contributed by atoms with Crippen molar-refractivity contribution < 1.29 is 19.2 Å². The topological polar surface area (TPSA) is 44.9 Å². The molecule has 2 aromatic carbocycles. The molecule has 0 unspecified atom stereocenters. The summed E-state index contributed by atoms with van der Waals surface area (Å²) in [5.41, 5.74) is 0.750. The molecule has 1 atom stereocenters. The van der Waals surface area contributed by atoms with Gasteiger partial charge in [0.25, 0.3) is 11.6 Å². The molecule has 4 rings (SSSR count). The van der Waals surface area contributed by atoms with Gasteiger partial charge in [0.15, 0.2) is 6.54 Å². The van der Waals surface area contributed by atoms with Crippen LogP contribution in [-0.2, 0) is 5.72 Å². The number of amidine groups is 1. The zero-order valence-electron chi connectivity index (χ0n) is 15.3. The van der Waals surface area contributed by atoms with E-state index in [1.54, 1.807) is 14.2 Å². The summed E-state index contributed by atoms with van der Waals surface area (Å²) in [6, 6.07) is 15.6. The van der Waals surface area contributed by atoms with Crippen LogP contribution in [0.15, 0.2) is 48.5 Å². The van der Waals surface area contributed by atoms with Crippen molar-refractivity contribution in [2.75, 3.05) is 32.2 Å². The Balaban J connectivity index is 1.78. The molecule has 0 bridgehead atoms. The van der Waals surface area contributed by atoms with Crippen molar-refractivity contribution in [3.8, 4) is 11.5 Å². The van der Waals surface area contributed by atoms with Crippen LogP contribution in [0.25, 0.3) is 0 Å². The van der Waals surface area contributed by atoms with Crippen LogP contribution in [0.1, 0.15) is 24.8 Å². The minimum absolute atomic E-state index is 0.570. The molecule has 0 aromatic heterocycles. The Morgan fingerprint density at radius 2 is 1.54 bits per heavy atom. The number of hydrogen-bond acceptors (Lipinski definition) is 4. The molecule has 1 N–H and O–H groups in total. The molecule has 0 aliphatic carbocycles. The Kier molecular flexibility index (Phi) is 4.32. The van der Waals surface area contributed by atoms with Crippen molar-refractivity contribution in [1.82, 2.24) is 0 Å². The highest BCUT2D eigenvalue weighted by molar-refractivity contribution is 5.97. The van der Waals surface area contributed by atoms with E-state index in [0.717, 1.165) is 42.1 Å². The van der Waals surface area contributed by atoms with Crippen LogP contribution in [0.5, 0.6) is 11.5 Å². The number of methoxy groups -OCH3 is 2. The summed E-state index contributed by atoms with van der Waals surface area (Å²) >= 11 is 0. The first-order valence-electron chi connectivity index (χ1n) is 9.08. The SMILES string of the molecule is COc1ccc(N2C3=[N+](CCCC3)C[C@]2(O)c2ccc(OC)cc2)cc1. The Morgan fingerprint density at radius 1 is 0.923 bits per heavy atom. The van der Waals surface area contributed by atoms with Crippen LogP contribution in [0.4, 0.5) is 5.69 Å². The van der Waals surface area contributed by atoms with Gasteiger partial charge in [0.2, 0.25) is 0 Å². The zero-order valence-corrected chi connectivity index (χ0v) is 15.3. The van der Waals surface area contributed by atoms with Crippen LogP contribution in [-0.4, -0.2) is 42.8 Å². The van der Waals surface area contributed by atoms with E-state index < -0.39 is 5.72 Å². The van der Waals surface area contributed by atoms with Gasteiger partial charge in [0, 0.05) is 12.0 Å². The highest BCUT2D eigenvalue weighted by atomic mass is 16.5. The van der Waals surface area contributed by atoms with Crippen molar-refractivity contribution >= 4 is 11.5 Å². The lowest BCUT2D eigenvalue weighted by Crippen LogP contribution is -2.47. The fourth-order valence-electron chi connectivity index (χ4n) is 4.02. The largest absolute Gasteiger partial charge is 0.497 e. The van der Waals surface area contributed by atoms with E-state index in [1.807, 2.05) is 48.5 Å². The molecule has 0 radical (unpaired) electrons. The first kappa shape index (κ1) is 16.9. The van der Waals surface area contributed by atoms with Gasteiger partial charge >= 0.3 is 0 Å². The molecule has 2 aromatic rings. The van der Waals surface area contributed by atoms with Crippen molar-refractivity contribution in [2.24, 2.45) is 0 Å². The third-order valence-electron chi connectivity index (χ3n) is 5.37. The molecular weight excluding hydrogens is 328 g/mol. The van der Waals surface area contributed by atoms with Crippen LogP contribution in [0.2, 0.25) is 0 Å². The molecule has 136 valence electrons. The molecule has 2 heterocycles. The molecule has 5 heteroatoms. The van der Waals surface area contributed by atoms with E-state index in [4.69, 9.17) is 9.47 Å². The molecular formula is C21H25N2O3+. The number of ether oxygens (including phenoxy) is 2. The quantitative estimate of drug-likeness (QED) is 0.859. The Labute approximate surface area is 154 Å². The molecule has 26 heavy (non-hydrogen) atoms. The van der Waals surface area contributed by atoms with Crippen LogP contribution >= 0.6 is 0 Å². The molecule has 0 saturated carbocycles. The van der Waals surface area contributed by atoms with Gasteiger partial charge in [0.05, 0.1) is 20.8 Å². The van der Waals surface area contributed by atoms with E-state index in [1.165, 1.54) is 12.3 Å². The summed E-state index contributed by atoms with van der Waals surface area (Å²) in [5, 5.41) is 11.8. The van der Waals surface area contributed by atoms with E-state index in [-0.39, 0.29) is 0 Å². The van der Waals surface area contributed by atoms with Crippen LogP contribution in [0.3, 0.4) is 0 Å². The lowest BCUT2D eigenvalue weighted by Gasteiger charge is -2.29. The molecule has 2 aliphatic rings. The summed E-state index contributed by atoms with van der Waals surface area (Å²) in [5.74, 6) is 2.79. The second kappa shape index (κ2) is 6.65. The number of aliphatic hydroxyl groups is 1. The maximum absolute atomic E-state index is 11.8. The molecule has 0 spiro atoms. The van der Waals surface area contributed by atoms with Gasteiger partial charge < -0.3 is 14.6 Å². The first-order chi connectivity index (χ1) is 12.7. The number of benzene rings is 2. The van der Waals surface area contributed by atoms with Crippen molar-refractivity contribution in [1.29, 1.82) is 0 Å². The maximum Gasteiger partial charge on any atom is 0.275 e. The second-order valence-electron chi connectivity index (χ2n) is 6.87. The Bertz CT molecular complexity index is 814. The number of hydrogen-bond donors (Lipinski definition) is 1.